The lowest BCUT2D eigenvalue weighted by atomic mass is 10.1. The fourth-order valence-corrected chi connectivity index (χ4v) is 4.82. The Hall–Kier alpha value is -3.60. The van der Waals surface area contributed by atoms with Crippen molar-refractivity contribution in [3.8, 4) is 11.4 Å². The Kier molecular flexibility index (Phi) is 8.11. The molecular weight excluding hydrogens is 482 g/mol. The molecule has 10 nitrogen and oxygen atoms in total. The molecular formula is C28H35N7O3. The molecule has 2 aliphatic heterocycles. The molecule has 38 heavy (non-hydrogen) atoms. The Labute approximate surface area is 223 Å². The number of rotatable bonds is 8. The summed E-state index contributed by atoms with van der Waals surface area (Å²) in [5.74, 6) is 0.213. The molecule has 3 aromatic rings. The Morgan fingerprint density at radius 3 is 2.47 bits per heavy atom. The van der Waals surface area contributed by atoms with Gasteiger partial charge in [-0.1, -0.05) is 12.1 Å². The summed E-state index contributed by atoms with van der Waals surface area (Å²) in [6, 6.07) is 10.2. The molecule has 2 aliphatic rings. The Morgan fingerprint density at radius 1 is 1.00 bits per heavy atom. The zero-order chi connectivity index (χ0) is 26.5. The van der Waals surface area contributed by atoms with E-state index in [-0.39, 0.29) is 11.7 Å². The molecule has 10 heteroatoms. The van der Waals surface area contributed by atoms with Crippen LogP contribution in [0.4, 0.5) is 17.3 Å². The molecule has 0 aliphatic carbocycles. The van der Waals surface area contributed by atoms with E-state index in [1.807, 2.05) is 25.1 Å². The third-order valence-electron chi connectivity index (χ3n) is 7.03. The van der Waals surface area contributed by atoms with Gasteiger partial charge in [-0.15, -0.1) is 0 Å². The summed E-state index contributed by atoms with van der Waals surface area (Å²) >= 11 is 0. The van der Waals surface area contributed by atoms with Gasteiger partial charge in [0.15, 0.2) is 17.3 Å². The van der Waals surface area contributed by atoms with Crippen LogP contribution in [0.2, 0.25) is 0 Å². The molecule has 0 saturated carbocycles. The Morgan fingerprint density at radius 2 is 1.76 bits per heavy atom. The van der Waals surface area contributed by atoms with Gasteiger partial charge in [-0.25, -0.2) is 9.97 Å². The van der Waals surface area contributed by atoms with E-state index in [4.69, 9.17) is 25.2 Å². The van der Waals surface area contributed by atoms with Crippen LogP contribution in [0.3, 0.4) is 0 Å². The van der Waals surface area contributed by atoms with E-state index in [0.717, 1.165) is 62.5 Å². The maximum absolute atomic E-state index is 12.5. The monoisotopic (exact) mass is 517 g/mol. The standard InChI is InChI=1S/C28H35N7O3/c1-18-4-3-9-30-23(18)24-27(31-21-7-12-37-13-8-21)34-28(25(33-24)26(29)36)32-22-6-5-20(19(2)16-22)17-35-10-14-38-15-11-35/h3-6,9,16,21H,7-8,10-15,17H2,1-2H3,(H2,29,36)(H2,31,32,34). The number of primary amides is 1. The van der Waals surface area contributed by atoms with Crippen LogP contribution in [-0.2, 0) is 16.0 Å². The number of ether oxygens (including phenoxy) is 2. The number of hydrogen-bond acceptors (Lipinski definition) is 9. The molecule has 1 amide bonds. The fraction of sp³-hybridized carbons (Fsp3) is 0.429. The van der Waals surface area contributed by atoms with E-state index in [0.29, 0.717) is 36.2 Å². The molecule has 5 rings (SSSR count). The lowest BCUT2D eigenvalue weighted by Crippen LogP contribution is -2.35. The number of anilines is 3. The minimum absolute atomic E-state index is 0.0672. The number of nitrogens with two attached hydrogens (primary N) is 1. The number of nitrogens with one attached hydrogen (secondary N) is 2. The number of carbonyl (C=O) groups is 1. The van der Waals surface area contributed by atoms with Crippen molar-refractivity contribution >= 4 is 23.2 Å². The van der Waals surface area contributed by atoms with Gasteiger partial charge in [-0.05, 0) is 61.6 Å². The summed E-state index contributed by atoms with van der Waals surface area (Å²) in [4.78, 5) is 29.0. The number of amides is 1. The van der Waals surface area contributed by atoms with Gasteiger partial charge in [-0.3, -0.25) is 14.7 Å². The first-order valence-electron chi connectivity index (χ1n) is 13.1. The van der Waals surface area contributed by atoms with Gasteiger partial charge in [0.2, 0.25) is 0 Å². The molecule has 0 bridgehead atoms. The Balaban J connectivity index is 1.47. The van der Waals surface area contributed by atoms with E-state index in [9.17, 15) is 4.79 Å². The molecule has 4 heterocycles. The summed E-state index contributed by atoms with van der Waals surface area (Å²) in [7, 11) is 0. The zero-order valence-electron chi connectivity index (χ0n) is 22.0. The second-order valence-electron chi connectivity index (χ2n) is 9.84. The highest BCUT2D eigenvalue weighted by Crippen LogP contribution is 2.31. The second-order valence-corrected chi connectivity index (χ2v) is 9.84. The van der Waals surface area contributed by atoms with Crippen LogP contribution in [0.15, 0.2) is 36.5 Å². The summed E-state index contributed by atoms with van der Waals surface area (Å²) in [5, 5.41) is 6.84. The SMILES string of the molecule is Cc1cc(Nc2nc(NC3CCOCC3)c(-c3ncccc3C)nc2C(N)=O)ccc1CN1CCOCC1. The zero-order valence-corrected chi connectivity index (χ0v) is 22.0. The number of morpholine rings is 1. The highest BCUT2D eigenvalue weighted by Gasteiger charge is 2.24. The van der Waals surface area contributed by atoms with Crippen LogP contribution in [-0.4, -0.2) is 71.3 Å². The van der Waals surface area contributed by atoms with Gasteiger partial charge < -0.3 is 25.8 Å². The average molecular weight is 518 g/mol. The molecule has 0 unspecified atom stereocenters. The molecule has 4 N–H and O–H groups in total. The topological polar surface area (TPSA) is 128 Å². The predicted octanol–water partition coefficient (Wildman–Crippen LogP) is 3.42. The van der Waals surface area contributed by atoms with E-state index in [1.54, 1.807) is 6.20 Å². The molecule has 200 valence electrons. The lowest BCUT2D eigenvalue weighted by Gasteiger charge is -2.27. The first kappa shape index (κ1) is 26.0. The molecule has 2 aromatic heterocycles. The number of pyridine rings is 1. The van der Waals surface area contributed by atoms with Crippen LogP contribution in [0.5, 0.6) is 0 Å². The highest BCUT2D eigenvalue weighted by atomic mass is 16.5. The molecule has 0 radical (unpaired) electrons. The van der Waals surface area contributed by atoms with Crippen molar-refractivity contribution in [1.82, 2.24) is 19.9 Å². The number of carbonyl (C=O) groups excluding carboxylic acids is 1. The number of benzene rings is 1. The highest BCUT2D eigenvalue weighted by molar-refractivity contribution is 5.97. The number of hydrogen-bond donors (Lipinski definition) is 3. The Bertz CT molecular complexity index is 1290. The number of nitrogens with zero attached hydrogens (tertiary/aromatic N) is 4. The van der Waals surface area contributed by atoms with Crippen molar-refractivity contribution in [2.45, 2.75) is 39.3 Å². The minimum atomic E-state index is -0.659. The van der Waals surface area contributed by atoms with Crippen molar-refractivity contribution in [2.24, 2.45) is 5.73 Å². The minimum Gasteiger partial charge on any atom is -0.381 e. The van der Waals surface area contributed by atoms with Crippen LogP contribution in [0.1, 0.15) is 40.0 Å². The average Bonchev–Trinajstić information content (AvgIpc) is 2.92. The van der Waals surface area contributed by atoms with Crippen molar-refractivity contribution < 1.29 is 14.3 Å². The van der Waals surface area contributed by atoms with Gasteiger partial charge in [0.1, 0.15) is 5.69 Å². The van der Waals surface area contributed by atoms with Gasteiger partial charge in [-0.2, -0.15) is 0 Å². The third-order valence-corrected chi connectivity index (χ3v) is 7.03. The first-order chi connectivity index (χ1) is 18.5. The largest absolute Gasteiger partial charge is 0.381 e. The van der Waals surface area contributed by atoms with Crippen LogP contribution in [0.25, 0.3) is 11.4 Å². The number of aryl methyl sites for hydroxylation is 2. The maximum atomic E-state index is 12.5. The van der Waals surface area contributed by atoms with Crippen molar-refractivity contribution in [3.05, 3.63) is 58.9 Å². The van der Waals surface area contributed by atoms with E-state index in [1.165, 1.54) is 5.56 Å². The summed E-state index contributed by atoms with van der Waals surface area (Å²) in [6.45, 7) is 9.69. The normalized spacial score (nSPS) is 16.8. The molecule has 0 spiro atoms. The summed E-state index contributed by atoms with van der Waals surface area (Å²) in [6.07, 6.45) is 3.42. The van der Waals surface area contributed by atoms with E-state index in [2.05, 4.69) is 39.6 Å². The van der Waals surface area contributed by atoms with Crippen molar-refractivity contribution in [1.29, 1.82) is 0 Å². The van der Waals surface area contributed by atoms with E-state index < -0.39 is 5.91 Å². The molecule has 1 aromatic carbocycles. The predicted molar refractivity (Wildman–Crippen MR) is 147 cm³/mol. The smallest absolute Gasteiger partial charge is 0.271 e. The number of aromatic nitrogens is 3. The van der Waals surface area contributed by atoms with Gasteiger partial charge in [0.05, 0.1) is 18.9 Å². The summed E-state index contributed by atoms with van der Waals surface area (Å²) in [5.41, 5.74) is 11.2. The lowest BCUT2D eigenvalue weighted by molar-refractivity contribution is 0.0341. The quantitative estimate of drug-likeness (QED) is 0.412. The molecule has 2 saturated heterocycles. The van der Waals surface area contributed by atoms with Crippen LogP contribution >= 0.6 is 0 Å². The first-order valence-corrected chi connectivity index (χ1v) is 13.1. The van der Waals surface area contributed by atoms with Crippen molar-refractivity contribution in [3.63, 3.8) is 0 Å². The van der Waals surface area contributed by atoms with Gasteiger partial charge >= 0.3 is 0 Å². The molecule has 2 fully saturated rings. The maximum Gasteiger partial charge on any atom is 0.271 e. The van der Waals surface area contributed by atoms with E-state index >= 15 is 0 Å². The van der Waals surface area contributed by atoms with Gasteiger partial charge in [0, 0.05) is 50.8 Å². The van der Waals surface area contributed by atoms with Gasteiger partial charge in [0.25, 0.3) is 5.91 Å². The fourth-order valence-electron chi connectivity index (χ4n) is 4.82. The third kappa shape index (κ3) is 6.09. The summed E-state index contributed by atoms with van der Waals surface area (Å²) < 4.78 is 11.0. The van der Waals surface area contributed by atoms with Crippen LogP contribution in [0, 0.1) is 13.8 Å². The van der Waals surface area contributed by atoms with Crippen molar-refractivity contribution in [2.75, 3.05) is 50.2 Å². The molecule has 0 atom stereocenters. The second kappa shape index (κ2) is 11.8. The van der Waals surface area contributed by atoms with Crippen LogP contribution < -0.4 is 16.4 Å².